The summed E-state index contributed by atoms with van der Waals surface area (Å²) in [6, 6.07) is 8.71. The molecule has 3 rings (SSSR count). The standard InChI is InChI=1S/C20H31N3O.2ClH/c1-15-5-4-10-23(13-15)14-18-7-3-2-6-17(18)12-22-20(24)16-8-9-19(21)11-16;;/h2-3,6-7,15-16,19H,4-5,8-14,21H2,1H3,(H,22,24);2*1H. The molecule has 1 saturated heterocycles. The van der Waals surface area contributed by atoms with Gasteiger partial charge in [0.15, 0.2) is 0 Å². The average molecular weight is 402 g/mol. The second-order valence-electron chi connectivity index (χ2n) is 7.74. The van der Waals surface area contributed by atoms with Gasteiger partial charge in [-0.1, -0.05) is 31.2 Å². The number of carbonyl (C=O) groups is 1. The minimum atomic E-state index is 0. The lowest BCUT2D eigenvalue weighted by molar-refractivity contribution is -0.125. The first-order valence-corrected chi connectivity index (χ1v) is 9.44. The topological polar surface area (TPSA) is 58.4 Å². The van der Waals surface area contributed by atoms with E-state index in [1.807, 2.05) is 0 Å². The third-order valence-electron chi connectivity index (χ3n) is 5.55. The van der Waals surface area contributed by atoms with E-state index >= 15 is 0 Å². The molecule has 3 atom stereocenters. The fraction of sp³-hybridized carbons (Fsp3) is 0.650. The number of amides is 1. The molecule has 3 unspecified atom stereocenters. The molecule has 0 bridgehead atoms. The van der Waals surface area contributed by atoms with Crippen molar-refractivity contribution >= 4 is 30.7 Å². The molecule has 1 saturated carbocycles. The Balaban J connectivity index is 0.00000169. The van der Waals surface area contributed by atoms with E-state index in [1.54, 1.807) is 0 Å². The van der Waals surface area contributed by atoms with Crippen LogP contribution >= 0.6 is 24.8 Å². The van der Waals surface area contributed by atoms with Crippen molar-refractivity contribution in [2.75, 3.05) is 13.1 Å². The van der Waals surface area contributed by atoms with Gasteiger partial charge in [0.05, 0.1) is 0 Å². The maximum atomic E-state index is 12.3. The maximum absolute atomic E-state index is 12.3. The Hall–Kier alpha value is -0.810. The van der Waals surface area contributed by atoms with Crippen LogP contribution in [0.25, 0.3) is 0 Å². The summed E-state index contributed by atoms with van der Waals surface area (Å²) in [4.78, 5) is 14.9. The van der Waals surface area contributed by atoms with Gasteiger partial charge in [-0.05, 0) is 55.7 Å². The molecule has 6 heteroatoms. The third-order valence-corrected chi connectivity index (χ3v) is 5.55. The first-order valence-electron chi connectivity index (χ1n) is 9.44. The van der Waals surface area contributed by atoms with Crippen LogP contribution in [0.15, 0.2) is 24.3 Å². The van der Waals surface area contributed by atoms with Crippen LogP contribution < -0.4 is 11.1 Å². The van der Waals surface area contributed by atoms with Gasteiger partial charge >= 0.3 is 0 Å². The van der Waals surface area contributed by atoms with E-state index in [4.69, 9.17) is 5.73 Å². The van der Waals surface area contributed by atoms with Crippen molar-refractivity contribution in [2.24, 2.45) is 17.6 Å². The Morgan fingerprint density at radius 1 is 1.19 bits per heavy atom. The van der Waals surface area contributed by atoms with Crippen molar-refractivity contribution in [1.29, 1.82) is 0 Å². The molecule has 0 radical (unpaired) electrons. The van der Waals surface area contributed by atoms with Crippen LogP contribution in [0.3, 0.4) is 0 Å². The van der Waals surface area contributed by atoms with Crippen molar-refractivity contribution in [2.45, 2.75) is 58.2 Å². The number of nitrogens with one attached hydrogen (secondary N) is 1. The molecule has 1 heterocycles. The van der Waals surface area contributed by atoms with E-state index in [-0.39, 0.29) is 42.7 Å². The molecule has 1 aliphatic heterocycles. The summed E-state index contributed by atoms with van der Waals surface area (Å²) < 4.78 is 0. The molecule has 0 aromatic heterocycles. The van der Waals surface area contributed by atoms with E-state index in [1.165, 1.54) is 37.1 Å². The third kappa shape index (κ3) is 6.41. The first-order chi connectivity index (χ1) is 11.6. The lowest BCUT2D eigenvalue weighted by Gasteiger charge is -2.31. The zero-order valence-corrected chi connectivity index (χ0v) is 17.3. The van der Waals surface area contributed by atoms with Crippen molar-refractivity contribution in [3.63, 3.8) is 0 Å². The molecule has 3 N–H and O–H groups in total. The van der Waals surface area contributed by atoms with Crippen molar-refractivity contribution in [1.82, 2.24) is 10.2 Å². The van der Waals surface area contributed by atoms with E-state index in [0.717, 1.165) is 31.7 Å². The van der Waals surface area contributed by atoms with Crippen LogP contribution in [0, 0.1) is 11.8 Å². The van der Waals surface area contributed by atoms with Crippen molar-refractivity contribution in [3.05, 3.63) is 35.4 Å². The number of nitrogens with zero attached hydrogens (tertiary/aromatic N) is 1. The van der Waals surface area contributed by atoms with E-state index in [2.05, 4.69) is 41.4 Å². The van der Waals surface area contributed by atoms with Gasteiger partial charge in [-0.3, -0.25) is 9.69 Å². The van der Waals surface area contributed by atoms with Gasteiger partial charge in [0.1, 0.15) is 0 Å². The lowest BCUT2D eigenvalue weighted by atomic mass is 9.99. The zero-order chi connectivity index (χ0) is 16.9. The van der Waals surface area contributed by atoms with Gasteiger partial charge in [-0.25, -0.2) is 0 Å². The highest BCUT2D eigenvalue weighted by Gasteiger charge is 2.27. The van der Waals surface area contributed by atoms with Crippen LogP contribution in [0.1, 0.15) is 50.2 Å². The van der Waals surface area contributed by atoms with E-state index < -0.39 is 0 Å². The summed E-state index contributed by atoms with van der Waals surface area (Å²) in [5, 5.41) is 3.13. The monoisotopic (exact) mass is 401 g/mol. The predicted molar refractivity (Wildman–Crippen MR) is 112 cm³/mol. The van der Waals surface area contributed by atoms with Crippen LogP contribution in [0.4, 0.5) is 0 Å². The number of halogens is 2. The predicted octanol–water partition coefficient (Wildman–Crippen LogP) is 3.51. The van der Waals surface area contributed by atoms with Crippen LogP contribution in [0.2, 0.25) is 0 Å². The summed E-state index contributed by atoms with van der Waals surface area (Å²) in [5.41, 5.74) is 8.51. The first kappa shape index (κ1) is 23.2. The fourth-order valence-electron chi connectivity index (χ4n) is 4.14. The largest absolute Gasteiger partial charge is 0.352 e. The summed E-state index contributed by atoms with van der Waals surface area (Å²) >= 11 is 0. The normalized spacial score (nSPS) is 25.8. The highest BCUT2D eigenvalue weighted by atomic mass is 35.5. The SMILES string of the molecule is CC1CCCN(Cc2ccccc2CNC(=O)C2CCC(N)C2)C1.Cl.Cl. The number of rotatable bonds is 5. The van der Waals surface area contributed by atoms with Crippen LogP contribution in [0.5, 0.6) is 0 Å². The van der Waals surface area contributed by atoms with E-state index in [9.17, 15) is 4.79 Å². The molecule has 0 spiro atoms. The fourth-order valence-corrected chi connectivity index (χ4v) is 4.14. The summed E-state index contributed by atoms with van der Waals surface area (Å²) in [5.74, 6) is 1.07. The van der Waals surface area contributed by atoms with Crippen LogP contribution in [-0.4, -0.2) is 29.9 Å². The average Bonchev–Trinajstić information content (AvgIpc) is 3.00. The highest BCUT2D eigenvalue weighted by Crippen LogP contribution is 2.24. The van der Waals surface area contributed by atoms with Crippen molar-refractivity contribution in [3.8, 4) is 0 Å². The molecular formula is C20H33Cl2N3O. The number of nitrogens with two attached hydrogens (primary N) is 1. The van der Waals surface area contributed by atoms with Gasteiger partial charge in [0.2, 0.25) is 5.91 Å². The number of benzene rings is 1. The number of piperidine rings is 1. The van der Waals surface area contributed by atoms with Gasteiger partial charge < -0.3 is 11.1 Å². The Morgan fingerprint density at radius 2 is 1.92 bits per heavy atom. The zero-order valence-electron chi connectivity index (χ0n) is 15.7. The Bertz CT molecular complexity index is 570. The molecule has 1 aromatic rings. The number of hydrogen-bond donors (Lipinski definition) is 2. The molecule has 1 aromatic carbocycles. The van der Waals surface area contributed by atoms with Gasteiger partial charge in [0.25, 0.3) is 0 Å². The smallest absolute Gasteiger partial charge is 0.223 e. The molecule has 26 heavy (non-hydrogen) atoms. The molecule has 148 valence electrons. The molecular weight excluding hydrogens is 369 g/mol. The lowest BCUT2D eigenvalue weighted by Crippen LogP contribution is -2.34. The van der Waals surface area contributed by atoms with Crippen molar-refractivity contribution < 1.29 is 4.79 Å². The number of hydrogen-bond acceptors (Lipinski definition) is 3. The minimum Gasteiger partial charge on any atom is -0.352 e. The summed E-state index contributed by atoms with van der Waals surface area (Å²) in [7, 11) is 0. The Labute approximate surface area is 170 Å². The highest BCUT2D eigenvalue weighted by molar-refractivity contribution is 5.85. The second kappa shape index (κ2) is 11.1. The Kier molecular flexibility index (Phi) is 9.94. The Morgan fingerprint density at radius 3 is 2.58 bits per heavy atom. The van der Waals surface area contributed by atoms with Gasteiger partial charge in [-0.15, -0.1) is 24.8 Å². The molecule has 2 aliphatic rings. The molecule has 1 aliphatic carbocycles. The molecule has 2 fully saturated rings. The number of likely N-dealkylation sites (tertiary alicyclic amines) is 1. The number of carbonyl (C=O) groups excluding carboxylic acids is 1. The maximum Gasteiger partial charge on any atom is 0.223 e. The minimum absolute atomic E-state index is 0. The molecule has 4 nitrogen and oxygen atoms in total. The van der Waals surface area contributed by atoms with Gasteiger partial charge in [-0.2, -0.15) is 0 Å². The molecule has 1 amide bonds. The summed E-state index contributed by atoms with van der Waals surface area (Å²) in [6.07, 6.45) is 5.38. The van der Waals surface area contributed by atoms with Crippen LogP contribution in [-0.2, 0) is 17.9 Å². The van der Waals surface area contributed by atoms with E-state index in [0.29, 0.717) is 6.54 Å². The van der Waals surface area contributed by atoms with Gasteiger partial charge in [0, 0.05) is 31.6 Å². The summed E-state index contributed by atoms with van der Waals surface area (Å²) in [6.45, 7) is 6.32. The quantitative estimate of drug-likeness (QED) is 0.793. The second-order valence-corrected chi connectivity index (χ2v) is 7.74.